The number of hydrogen-bond donors (Lipinski definition) is 3. The molecule has 0 aromatic carbocycles. The predicted octanol–water partition coefficient (Wildman–Crippen LogP) is -0.923. The van der Waals surface area contributed by atoms with Crippen LogP contribution in [0.5, 0.6) is 0 Å². The zero-order valence-corrected chi connectivity index (χ0v) is 5.70. The Morgan fingerprint density at radius 2 is 2.20 bits per heavy atom. The highest BCUT2D eigenvalue weighted by molar-refractivity contribution is 5.61. The summed E-state index contributed by atoms with van der Waals surface area (Å²) in [5, 5.41) is 12.5. The summed E-state index contributed by atoms with van der Waals surface area (Å²) in [5.74, 6) is 0.393. The molecule has 0 aliphatic heterocycles. The van der Waals surface area contributed by atoms with E-state index in [-0.39, 0.29) is 6.61 Å². The van der Waals surface area contributed by atoms with Crippen LogP contribution in [0.2, 0.25) is 0 Å². The second kappa shape index (κ2) is 2.18. The number of rotatable bonds is 1. The fraction of sp³-hybridized carbons (Fsp3) is 0.400. The van der Waals surface area contributed by atoms with E-state index in [1.165, 1.54) is 4.68 Å². The summed E-state index contributed by atoms with van der Waals surface area (Å²) < 4.78 is 1.43. The van der Waals surface area contributed by atoms with E-state index in [4.69, 9.17) is 16.6 Å². The van der Waals surface area contributed by atoms with Gasteiger partial charge in [-0.25, -0.2) is 0 Å². The van der Waals surface area contributed by atoms with Crippen LogP contribution in [0.15, 0.2) is 0 Å². The lowest BCUT2D eigenvalue weighted by Crippen LogP contribution is -1.98. The molecular formula is C5H10N4O. The van der Waals surface area contributed by atoms with Gasteiger partial charge in [-0.1, -0.05) is 0 Å². The average molecular weight is 142 g/mol. The van der Waals surface area contributed by atoms with E-state index in [2.05, 4.69) is 5.10 Å². The second-order valence-corrected chi connectivity index (χ2v) is 2.03. The summed E-state index contributed by atoms with van der Waals surface area (Å²) >= 11 is 0. The Balaban J connectivity index is 3.17. The summed E-state index contributed by atoms with van der Waals surface area (Å²) in [6.45, 7) is -0.170. The Kier molecular flexibility index (Phi) is 1.50. The van der Waals surface area contributed by atoms with Crippen LogP contribution in [0.3, 0.4) is 0 Å². The zero-order valence-electron chi connectivity index (χ0n) is 5.70. The number of anilines is 2. The molecule has 0 aliphatic rings. The normalized spacial score (nSPS) is 10.2. The molecule has 0 bridgehead atoms. The van der Waals surface area contributed by atoms with E-state index in [0.29, 0.717) is 17.2 Å². The third kappa shape index (κ3) is 0.801. The van der Waals surface area contributed by atoms with Gasteiger partial charge in [0.15, 0.2) is 0 Å². The summed E-state index contributed by atoms with van der Waals surface area (Å²) in [6.07, 6.45) is 0. The highest BCUT2D eigenvalue weighted by atomic mass is 16.3. The number of hydrogen-bond acceptors (Lipinski definition) is 4. The molecule has 0 fully saturated rings. The minimum Gasteiger partial charge on any atom is -0.394 e. The number of nitrogens with zero attached hydrogens (tertiary/aromatic N) is 2. The van der Waals surface area contributed by atoms with E-state index in [9.17, 15) is 0 Å². The molecule has 5 nitrogen and oxygen atoms in total. The van der Waals surface area contributed by atoms with Crippen molar-refractivity contribution in [2.75, 3.05) is 11.5 Å². The first-order chi connectivity index (χ1) is 4.66. The van der Waals surface area contributed by atoms with Crippen molar-refractivity contribution < 1.29 is 5.11 Å². The minimum atomic E-state index is -0.170. The van der Waals surface area contributed by atoms with Crippen molar-refractivity contribution >= 4 is 11.5 Å². The van der Waals surface area contributed by atoms with Crippen molar-refractivity contribution in [3.05, 3.63) is 5.69 Å². The lowest BCUT2D eigenvalue weighted by Gasteiger charge is -1.91. The van der Waals surface area contributed by atoms with Crippen LogP contribution in [0.1, 0.15) is 5.69 Å². The summed E-state index contributed by atoms with van der Waals surface area (Å²) in [7, 11) is 1.67. The molecule has 1 rings (SSSR count). The van der Waals surface area contributed by atoms with E-state index in [0.717, 1.165) is 0 Å². The molecule has 1 aromatic rings. The summed E-state index contributed by atoms with van der Waals surface area (Å²) in [5.41, 5.74) is 11.7. The number of aliphatic hydroxyl groups is 1. The van der Waals surface area contributed by atoms with Gasteiger partial charge in [-0.2, -0.15) is 5.10 Å². The van der Waals surface area contributed by atoms with E-state index in [1.54, 1.807) is 7.05 Å². The highest BCUT2D eigenvalue weighted by Crippen LogP contribution is 2.17. The Hall–Kier alpha value is -1.23. The maximum atomic E-state index is 8.64. The quantitative estimate of drug-likeness (QED) is 0.473. The molecule has 0 amide bonds. The summed E-state index contributed by atoms with van der Waals surface area (Å²) in [4.78, 5) is 0. The van der Waals surface area contributed by atoms with Crippen molar-refractivity contribution in [3.63, 3.8) is 0 Å². The van der Waals surface area contributed by atoms with Gasteiger partial charge in [0.1, 0.15) is 17.2 Å². The molecule has 1 aromatic heterocycles. The molecular weight excluding hydrogens is 132 g/mol. The van der Waals surface area contributed by atoms with Gasteiger partial charge in [0, 0.05) is 7.05 Å². The zero-order chi connectivity index (χ0) is 7.72. The van der Waals surface area contributed by atoms with Gasteiger partial charge >= 0.3 is 0 Å². The molecule has 1 heterocycles. The average Bonchev–Trinajstić information content (AvgIpc) is 2.17. The van der Waals surface area contributed by atoms with E-state index >= 15 is 0 Å². The molecule has 0 unspecified atom stereocenters. The van der Waals surface area contributed by atoms with Crippen molar-refractivity contribution in [2.24, 2.45) is 7.05 Å². The van der Waals surface area contributed by atoms with Gasteiger partial charge in [-0.05, 0) is 0 Å². The Bertz CT molecular complexity index is 242. The molecule has 0 aliphatic carbocycles. The van der Waals surface area contributed by atoms with Crippen molar-refractivity contribution in [1.29, 1.82) is 0 Å². The molecule has 0 radical (unpaired) electrons. The number of aryl methyl sites for hydroxylation is 1. The first kappa shape index (κ1) is 6.88. The molecule has 0 atom stereocenters. The number of nitrogen functional groups attached to an aromatic ring is 2. The molecule has 10 heavy (non-hydrogen) atoms. The topological polar surface area (TPSA) is 90.1 Å². The van der Waals surface area contributed by atoms with Crippen LogP contribution in [0.25, 0.3) is 0 Å². The van der Waals surface area contributed by atoms with Crippen molar-refractivity contribution in [2.45, 2.75) is 6.61 Å². The van der Waals surface area contributed by atoms with Crippen molar-refractivity contribution in [1.82, 2.24) is 9.78 Å². The second-order valence-electron chi connectivity index (χ2n) is 2.03. The van der Waals surface area contributed by atoms with Crippen LogP contribution < -0.4 is 11.5 Å². The Labute approximate surface area is 58.2 Å². The lowest BCUT2D eigenvalue weighted by molar-refractivity contribution is 0.276. The third-order valence-electron chi connectivity index (χ3n) is 1.36. The molecule has 5 N–H and O–H groups in total. The van der Waals surface area contributed by atoms with Gasteiger partial charge in [0.05, 0.1) is 6.61 Å². The highest BCUT2D eigenvalue weighted by Gasteiger charge is 2.07. The van der Waals surface area contributed by atoms with Gasteiger partial charge in [-0.15, -0.1) is 0 Å². The maximum Gasteiger partial charge on any atom is 0.145 e. The third-order valence-corrected chi connectivity index (χ3v) is 1.36. The van der Waals surface area contributed by atoms with Gasteiger partial charge in [0.25, 0.3) is 0 Å². The molecule has 0 saturated carbocycles. The van der Waals surface area contributed by atoms with Crippen LogP contribution >= 0.6 is 0 Å². The lowest BCUT2D eigenvalue weighted by atomic mass is 10.4. The number of nitrogens with two attached hydrogens (primary N) is 2. The van der Waals surface area contributed by atoms with E-state index < -0.39 is 0 Å². The molecule has 5 heteroatoms. The first-order valence-corrected chi connectivity index (χ1v) is 2.84. The minimum absolute atomic E-state index is 0.170. The van der Waals surface area contributed by atoms with Crippen molar-refractivity contribution in [3.8, 4) is 0 Å². The van der Waals surface area contributed by atoms with Crippen LogP contribution in [0.4, 0.5) is 11.5 Å². The number of aromatic nitrogens is 2. The monoisotopic (exact) mass is 142 g/mol. The fourth-order valence-corrected chi connectivity index (χ4v) is 0.728. The van der Waals surface area contributed by atoms with Crippen LogP contribution in [0, 0.1) is 0 Å². The molecule has 0 spiro atoms. The standard InChI is InChI=1S/C5H10N4O/c1-9-5(7)4(6)3(2-10)8-9/h10H,2,6-7H2,1H3. The first-order valence-electron chi connectivity index (χ1n) is 2.84. The molecule has 0 saturated heterocycles. The van der Waals surface area contributed by atoms with E-state index in [1.807, 2.05) is 0 Å². The SMILES string of the molecule is Cn1nc(CO)c(N)c1N. The predicted molar refractivity (Wildman–Crippen MR) is 38.0 cm³/mol. The van der Waals surface area contributed by atoms with Crippen LogP contribution in [-0.4, -0.2) is 14.9 Å². The molecule has 56 valence electrons. The fourth-order valence-electron chi connectivity index (χ4n) is 0.728. The van der Waals surface area contributed by atoms with Crippen LogP contribution in [-0.2, 0) is 13.7 Å². The van der Waals surface area contributed by atoms with Gasteiger partial charge in [0.2, 0.25) is 0 Å². The smallest absolute Gasteiger partial charge is 0.145 e. The van der Waals surface area contributed by atoms with Gasteiger partial charge < -0.3 is 16.6 Å². The number of aliphatic hydroxyl groups excluding tert-OH is 1. The van der Waals surface area contributed by atoms with Gasteiger partial charge in [-0.3, -0.25) is 4.68 Å². The largest absolute Gasteiger partial charge is 0.394 e. The summed E-state index contributed by atoms with van der Waals surface area (Å²) in [6, 6.07) is 0. The Morgan fingerprint density at radius 3 is 2.40 bits per heavy atom. The maximum absolute atomic E-state index is 8.64. The Morgan fingerprint density at radius 1 is 1.60 bits per heavy atom.